The molecular formula is C33H22F3N5O2. The van der Waals surface area contributed by atoms with Gasteiger partial charge < -0.3 is 10.5 Å². The fourth-order valence-corrected chi connectivity index (χ4v) is 5.63. The molecule has 1 aliphatic carbocycles. The van der Waals surface area contributed by atoms with Crippen molar-refractivity contribution in [3.63, 3.8) is 0 Å². The summed E-state index contributed by atoms with van der Waals surface area (Å²) >= 11 is 0. The fourth-order valence-electron chi connectivity index (χ4n) is 5.63. The maximum Gasteiger partial charge on any atom is 0.416 e. The number of alkyl halides is 3. The number of ether oxygens (including phenoxy) is 1. The number of nitrogens with two attached hydrogens (primary N) is 1. The summed E-state index contributed by atoms with van der Waals surface area (Å²) < 4.78 is 47.1. The predicted octanol–water partition coefficient (Wildman–Crippen LogP) is 7.22. The molecule has 212 valence electrons. The lowest BCUT2D eigenvalue weighted by Gasteiger charge is -2.40. The lowest BCUT2D eigenvalue weighted by Crippen LogP contribution is -2.39. The number of rotatable bonds is 4. The second-order valence-electron chi connectivity index (χ2n) is 10.2. The lowest BCUT2D eigenvalue weighted by molar-refractivity contribution is -0.137. The average molecular weight is 578 g/mol. The number of fused-ring (bicyclic) bond motifs is 1. The number of nitriles is 2. The van der Waals surface area contributed by atoms with E-state index in [-0.39, 0.29) is 40.7 Å². The number of hydrogen-bond acceptors (Lipinski definition) is 7. The van der Waals surface area contributed by atoms with Crippen molar-refractivity contribution >= 4 is 22.4 Å². The molecule has 1 aromatic heterocycles. The minimum Gasteiger partial charge on any atom is -0.439 e. The summed E-state index contributed by atoms with van der Waals surface area (Å²) in [6, 6.07) is 24.3. The van der Waals surface area contributed by atoms with Crippen molar-refractivity contribution in [3.05, 3.63) is 118 Å². The summed E-state index contributed by atoms with van der Waals surface area (Å²) in [5, 5.41) is 20.4. The maximum atomic E-state index is 13.7. The smallest absolute Gasteiger partial charge is 0.416 e. The van der Waals surface area contributed by atoms with Gasteiger partial charge in [0.1, 0.15) is 11.6 Å². The SMILES string of the molecule is N#CC1=C(N)N(c2cccc(C(F)(F)F)c2)C2=C(C(=O)CCC2)C1c1cc2ccccc2nc1Oc1ccc(C#N)cc1. The minimum atomic E-state index is -4.60. The van der Waals surface area contributed by atoms with Gasteiger partial charge in [-0.15, -0.1) is 0 Å². The fraction of sp³-hybridized carbons (Fsp3) is 0.152. The first-order valence-electron chi connectivity index (χ1n) is 13.4. The molecule has 2 heterocycles. The van der Waals surface area contributed by atoms with Gasteiger partial charge in [-0.05, 0) is 67.4 Å². The van der Waals surface area contributed by atoms with Gasteiger partial charge in [0.15, 0.2) is 5.78 Å². The van der Waals surface area contributed by atoms with E-state index in [1.165, 1.54) is 17.0 Å². The highest BCUT2D eigenvalue weighted by atomic mass is 19.4. The molecule has 0 radical (unpaired) electrons. The summed E-state index contributed by atoms with van der Waals surface area (Å²) in [5.41, 5.74) is 8.01. The maximum absolute atomic E-state index is 13.7. The lowest BCUT2D eigenvalue weighted by atomic mass is 9.75. The van der Waals surface area contributed by atoms with Gasteiger partial charge >= 0.3 is 6.18 Å². The normalized spacial score (nSPS) is 17.0. The van der Waals surface area contributed by atoms with Crippen LogP contribution in [0, 0.1) is 22.7 Å². The molecule has 0 bridgehead atoms. The van der Waals surface area contributed by atoms with Gasteiger partial charge in [-0.2, -0.15) is 23.7 Å². The Morgan fingerprint density at radius 1 is 0.953 bits per heavy atom. The van der Waals surface area contributed by atoms with Crippen molar-refractivity contribution in [2.75, 3.05) is 4.90 Å². The first kappa shape index (κ1) is 27.6. The van der Waals surface area contributed by atoms with Crippen LogP contribution >= 0.6 is 0 Å². The number of aromatic nitrogens is 1. The summed E-state index contributed by atoms with van der Waals surface area (Å²) in [5.74, 6) is -0.769. The van der Waals surface area contributed by atoms with Crippen LogP contribution < -0.4 is 15.4 Å². The second kappa shape index (κ2) is 10.7. The number of pyridine rings is 1. The third-order valence-corrected chi connectivity index (χ3v) is 7.57. The van der Waals surface area contributed by atoms with Crippen LogP contribution in [0.5, 0.6) is 11.6 Å². The Morgan fingerprint density at radius 2 is 1.72 bits per heavy atom. The molecule has 0 amide bonds. The number of allylic oxidation sites excluding steroid dienone is 3. The number of anilines is 1. The molecule has 2 aliphatic rings. The summed E-state index contributed by atoms with van der Waals surface area (Å²) in [6.07, 6.45) is -3.56. The second-order valence-corrected chi connectivity index (χ2v) is 10.2. The Labute approximate surface area is 244 Å². The van der Waals surface area contributed by atoms with Crippen LogP contribution in [0.2, 0.25) is 0 Å². The third kappa shape index (κ3) is 4.93. The minimum absolute atomic E-state index is 0.00632. The first-order chi connectivity index (χ1) is 20.7. The highest BCUT2D eigenvalue weighted by Crippen LogP contribution is 2.49. The van der Waals surface area contributed by atoms with E-state index in [9.17, 15) is 28.5 Å². The van der Waals surface area contributed by atoms with E-state index >= 15 is 0 Å². The van der Waals surface area contributed by atoms with Crippen molar-refractivity contribution in [2.24, 2.45) is 5.73 Å². The van der Waals surface area contributed by atoms with Crippen molar-refractivity contribution in [1.29, 1.82) is 10.5 Å². The van der Waals surface area contributed by atoms with E-state index in [0.717, 1.165) is 17.5 Å². The Kier molecular flexibility index (Phi) is 6.83. The molecule has 4 aromatic rings. The van der Waals surface area contributed by atoms with Crippen LogP contribution in [-0.4, -0.2) is 10.8 Å². The van der Waals surface area contributed by atoms with Crippen molar-refractivity contribution < 1.29 is 22.7 Å². The van der Waals surface area contributed by atoms with E-state index in [2.05, 4.69) is 12.1 Å². The summed E-state index contributed by atoms with van der Waals surface area (Å²) in [4.78, 5) is 19.8. The van der Waals surface area contributed by atoms with Gasteiger partial charge in [-0.3, -0.25) is 9.69 Å². The molecule has 1 atom stereocenters. The molecule has 1 aliphatic heterocycles. The molecular weight excluding hydrogens is 555 g/mol. The number of ketones is 1. The molecule has 7 nitrogen and oxygen atoms in total. The van der Waals surface area contributed by atoms with Gasteiger partial charge in [0.25, 0.3) is 0 Å². The third-order valence-electron chi connectivity index (χ3n) is 7.57. The summed E-state index contributed by atoms with van der Waals surface area (Å²) in [6.45, 7) is 0. The monoisotopic (exact) mass is 577 g/mol. The molecule has 0 saturated heterocycles. The van der Waals surface area contributed by atoms with Crippen LogP contribution in [0.15, 0.2) is 102 Å². The average Bonchev–Trinajstić information content (AvgIpc) is 3.00. The van der Waals surface area contributed by atoms with Crippen molar-refractivity contribution in [1.82, 2.24) is 4.98 Å². The van der Waals surface area contributed by atoms with Crippen LogP contribution in [0.1, 0.15) is 41.9 Å². The Morgan fingerprint density at radius 3 is 2.44 bits per heavy atom. The molecule has 6 rings (SSSR count). The largest absolute Gasteiger partial charge is 0.439 e. The molecule has 3 aromatic carbocycles. The van der Waals surface area contributed by atoms with Crippen LogP contribution in [0.3, 0.4) is 0 Å². The van der Waals surface area contributed by atoms with E-state index < -0.39 is 17.7 Å². The Hall–Kier alpha value is -5.61. The van der Waals surface area contributed by atoms with Gasteiger partial charge in [-0.1, -0.05) is 24.3 Å². The topological polar surface area (TPSA) is 116 Å². The van der Waals surface area contributed by atoms with Crippen LogP contribution in [-0.2, 0) is 11.0 Å². The van der Waals surface area contributed by atoms with Crippen molar-refractivity contribution in [3.8, 4) is 23.8 Å². The summed E-state index contributed by atoms with van der Waals surface area (Å²) in [7, 11) is 0. The zero-order valence-corrected chi connectivity index (χ0v) is 22.5. The molecule has 43 heavy (non-hydrogen) atoms. The van der Waals surface area contributed by atoms with E-state index in [1.54, 1.807) is 36.4 Å². The number of benzene rings is 3. The van der Waals surface area contributed by atoms with Crippen molar-refractivity contribution in [2.45, 2.75) is 31.4 Å². The molecule has 1 unspecified atom stereocenters. The van der Waals surface area contributed by atoms with E-state index in [0.29, 0.717) is 40.9 Å². The number of carbonyl (C=O) groups is 1. The standard InChI is InChI=1S/C33H22F3N5O2/c34-33(35,36)21-6-3-7-22(16-21)41-27-9-4-10-28(42)30(27)29(25(18-38)31(41)39)24-15-20-5-1-2-8-26(20)40-32(24)43-23-13-11-19(17-37)12-14-23/h1-3,5-8,11-16,29H,4,9-10,39H2. The quantitative estimate of drug-likeness (QED) is 0.272. The van der Waals surface area contributed by atoms with E-state index in [1.807, 2.05) is 18.2 Å². The number of para-hydroxylation sites is 1. The molecule has 0 fully saturated rings. The molecule has 2 N–H and O–H groups in total. The highest BCUT2D eigenvalue weighted by Gasteiger charge is 2.42. The van der Waals surface area contributed by atoms with Gasteiger partial charge in [-0.25, -0.2) is 4.98 Å². The van der Waals surface area contributed by atoms with Crippen LogP contribution in [0.25, 0.3) is 10.9 Å². The Bertz CT molecular complexity index is 1930. The molecule has 0 saturated carbocycles. The first-order valence-corrected chi connectivity index (χ1v) is 13.4. The zero-order chi connectivity index (χ0) is 30.3. The van der Waals surface area contributed by atoms with Gasteiger partial charge in [0.05, 0.1) is 40.3 Å². The predicted molar refractivity (Wildman–Crippen MR) is 152 cm³/mol. The number of nitrogens with zero attached hydrogens (tertiary/aromatic N) is 4. The number of halogens is 3. The van der Waals surface area contributed by atoms with Crippen LogP contribution in [0.4, 0.5) is 18.9 Å². The zero-order valence-electron chi connectivity index (χ0n) is 22.5. The Balaban J connectivity index is 1.58. The molecule has 10 heteroatoms. The number of carbonyl (C=O) groups excluding carboxylic acids is 1. The number of hydrogen-bond donors (Lipinski definition) is 1. The number of Topliss-reactive ketones (excluding diaryl/α,β-unsaturated/α-hetero) is 1. The van der Waals surface area contributed by atoms with Gasteiger partial charge in [0.2, 0.25) is 5.88 Å². The van der Waals surface area contributed by atoms with Gasteiger partial charge in [0, 0.05) is 34.3 Å². The van der Waals surface area contributed by atoms with E-state index in [4.69, 9.17) is 15.5 Å². The highest BCUT2D eigenvalue weighted by molar-refractivity contribution is 6.01. The molecule has 0 spiro atoms.